The van der Waals surface area contributed by atoms with E-state index in [1.807, 2.05) is 71.0 Å². The molecule has 4 rings (SSSR count). The number of ether oxygens (including phenoxy) is 2. The van der Waals surface area contributed by atoms with Crippen molar-refractivity contribution in [3.8, 4) is 0 Å². The first-order chi connectivity index (χ1) is 25.1. The highest BCUT2D eigenvalue weighted by Gasteiger charge is 2.37. The van der Waals surface area contributed by atoms with Crippen LogP contribution >= 0.6 is 31.9 Å². The molecule has 0 aliphatic heterocycles. The highest BCUT2D eigenvalue weighted by Crippen LogP contribution is 2.33. The number of benzene rings is 4. The number of rotatable bonds is 8. The minimum Gasteiger partial charge on any atom is -0.444 e. The summed E-state index contributed by atoms with van der Waals surface area (Å²) in [7, 11) is 0. The molecule has 0 saturated carbocycles. The number of hydrogen-bond acceptors (Lipinski definition) is 8. The number of carbonyl (C=O) groups excluding carboxylic acids is 2. The van der Waals surface area contributed by atoms with Gasteiger partial charge in [0.05, 0.1) is 0 Å². The van der Waals surface area contributed by atoms with Crippen molar-refractivity contribution in [2.75, 3.05) is 0 Å². The van der Waals surface area contributed by atoms with Crippen molar-refractivity contribution in [1.82, 2.24) is 5.32 Å². The zero-order valence-electron chi connectivity index (χ0n) is 31.5. The minimum absolute atomic E-state index is 0.0825. The second-order valence-electron chi connectivity index (χ2n) is 14.0. The van der Waals surface area contributed by atoms with E-state index in [9.17, 15) is 29.8 Å². The molecule has 0 aliphatic carbocycles. The van der Waals surface area contributed by atoms with Crippen LogP contribution in [0.3, 0.4) is 0 Å². The lowest BCUT2D eigenvalue weighted by Gasteiger charge is -2.26. The molecule has 0 radical (unpaired) electrons. The average molecular weight is 871 g/mol. The highest BCUT2D eigenvalue weighted by atomic mass is 79.9. The van der Waals surface area contributed by atoms with Crippen LogP contribution < -0.4 is 5.32 Å². The van der Waals surface area contributed by atoms with Gasteiger partial charge in [0, 0.05) is 36.1 Å². The Morgan fingerprint density at radius 1 is 0.759 bits per heavy atom. The number of halogens is 2. The first kappa shape index (κ1) is 45.2. The Bertz CT molecular complexity index is 1890. The molecule has 4 aromatic carbocycles. The summed E-state index contributed by atoms with van der Waals surface area (Å²) >= 11 is 6.86. The van der Waals surface area contributed by atoms with Crippen molar-refractivity contribution in [2.24, 2.45) is 4.99 Å². The quantitative estimate of drug-likeness (QED) is 0.104. The highest BCUT2D eigenvalue weighted by molar-refractivity contribution is 9.10. The van der Waals surface area contributed by atoms with Crippen molar-refractivity contribution in [1.29, 1.82) is 0 Å². The summed E-state index contributed by atoms with van der Waals surface area (Å²) < 4.78 is 12.3. The largest absolute Gasteiger partial charge is 0.444 e. The fourth-order valence-electron chi connectivity index (χ4n) is 4.56. The lowest BCUT2D eigenvalue weighted by molar-refractivity contribution is -0.534. The standard InChI is InChI=1S/C20H23BrN2O4.C13H16BrNO2.C7H7NO2/c1-13-12-15(10-11-16(13)21)17(22-19(24)27-20(2,3)4)18(23(25)26)14-8-6-5-7-9-14;1-9-5-6-10(7-11(9)14)8-15-12(16)17-13(2,3)4;9-8(10)6-7-4-2-1-3-5-7/h5-12,17-18H,1-4H3,(H,22,24);5-8H,1-4H3;1-5H,6H2/t17-,18+;;/m1../s1. The third-order valence-electron chi connectivity index (χ3n) is 6.96. The summed E-state index contributed by atoms with van der Waals surface area (Å²) in [6.45, 7) is 14.5. The molecule has 0 bridgehead atoms. The Hall–Kier alpha value is -4.95. The Balaban J connectivity index is 0.000000316. The molecule has 2 atom stereocenters. The van der Waals surface area contributed by atoms with Gasteiger partial charge in [-0.2, -0.15) is 4.99 Å². The van der Waals surface area contributed by atoms with Crippen LogP contribution in [0.1, 0.15) is 87.0 Å². The maximum absolute atomic E-state index is 12.4. The summed E-state index contributed by atoms with van der Waals surface area (Å²) in [5.41, 5.74) is 3.57. The number of amides is 2. The maximum Gasteiger partial charge on any atom is 0.434 e. The van der Waals surface area contributed by atoms with Gasteiger partial charge in [-0.15, -0.1) is 0 Å². The second-order valence-corrected chi connectivity index (χ2v) is 15.7. The molecule has 0 saturated heterocycles. The van der Waals surface area contributed by atoms with Gasteiger partial charge in [-0.05, 0) is 89.8 Å². The molecular weight excluding hydrogens is 824 g/mol. The van der Waals surface area contributed by atoms with E-state index in [0.717, 1.165) is 31.2 Å². The van der Waals surface area contributed by atoms with Gasteiger partial charge >= 0.3 is 12.2 Å². The summed E-state index contributed by atoms with van der Waals surface area (Å²) in [4.78, 5) is 48.7. The lowest BCUT2D eigenvalue weighted by Crippen LogP contribution is -2.39. The van der Waals surface area contributed by atoms with Crippen molar-refractivity contribution < 1.29 is 28.9 Å². The number of aryl methyl sites for hydroxylation is 2. The van der Waals surface area contributed by atoms with Crippen LogP contribution in [0.5, 0.6) is 0 Å². The Morgan fingerprint density at radius 2 is 1.33 bits per heavy atom. The topological polar surface area (TPSA) is 163 Å². The van der Waals surface area contributed by atoms with Gasteiger partial charge in [-0.1, -0.05) is 117 Å². The minimum atomic E-state index is -1.15. The lowest BCUT2D eigenvalue weighted by atomic mass is 9.93. The van der Waals surface area contributed by atoms with Crippen LogP contribution in [0.25, 0.3) is 0 Å². The van der Waals surface area contributed by atoms with E-state index in [1.165, 1.54) is 6.21 Å². The zero-order chi connectivity index (χ0) is 40.6. The number of hydrogen-bond donors (Lipinski definition) is 1. The van der Waals surface area contributed by atoms with Crippen molar-refractivity contribution in [3.05, 3.63) is 160 Å². The molecular formula is C40H46Br2N4O8. The van der Waals surface area contributed by atoms with Gasteiger partial charge < -0.3 is 14.8 Å². The first-order valence-electron chi connectivity index (χ1n) is 16.8. The number of carbonyl (C=O) groups is 2. The molecule has 14 heteroatoms. The Kier molecular flexibility index (Phi) is 17.6. The Labute approximate surface area is 332 Å². The molecule has 0 aromatic heterocycles. The Morgan fingerprint density at radius 3 is 1.83 bits per heavy atom. The van der Waals surface area contributed by atoms with Crippen LogP contribution in [-0.4, -0.2) is 39.4 Å². The third kappa shape index (κ3) is 17.3. The SMILES string of the molecule is Cc1cc([C@@H](NC(=O)OC(C)(C)C)[C@H](c2ccccc2)[N+](=O)[O-])ccc1Br.Cc1ccc(C=NC(=O)OC(C)(C)C)cc1Br.O=[N+]([O-])Cc1ccccc1. The first-order valence-corrected chi connectivity index (χ1v) is 18.4. The second kappa shape index (κ2) is 21.1. The number of aliphatic imine (C=N–C) groups is 1. The predicted octanol–water partition coefficient (Wildman–Crippen LogP) is 10.9. The predicted molar refractivity (Wildman–Crippen MR) is 217 cm³/mol. The normalized spacial score (nSPS) is 12.2. The van der Waals surface area contributed by atoms with Crippen molar-refractivity contribution in [3.63, 3.8) is 0 Å². The fraction of sp³-hybridized carbons (Fsp3) is 0.325. The van der Waals surface area contributed by atoms with Crippen LogP contribution in [0.2, 0.25) is 0 Å². The molecule has 4 aromatic rings. The van der Waals surface area contributed by atoms with Crippen molar-refractivity contribution in [2.45, 2.75) is 85.2 Å². The number of nitrogens with zero attached hydrogens (tertiary/aromatic N) is 3. The molecule has 12 nitrogen and oxygen atoms in total. The van der Waals surface area contributed by atoms with E-state index in [1.54, 1.807) is 81.4 Å². The molecule has 0 aliphatic rings. The van der Waals surface area contributed by atoms with Gasteiger partial charge in [0.15, 0.2) is 0 Å². The summed E-state index contributed by atoms with van der Waals surface area (Å²) in [5.74, 6) is 0. The van der Waals surface area contributed by atoms with E-state index in [0.29, 0.717) is 11.1 Å². The maximum atomic E-state index is 12.4. The molecule has 2 amide bonds. The third-order valence-corrected chi connectivity index (χ3v) is 8.70. The summed E-state index contributed by atoms with van der Waals surface area (Å²) in [6, 6.07) is 26.7. The summed E-state index contributed by atoms with van der Waals surface area (Å²) in [6.07, 6.45) is 0.225. The average Bonchev–Trinajstić information content (AvgIpc) is 3.06. The molecule has 54 heavy (non-hydrogen) atoms. The van der Waals surface area contributed by atoms with Crippen LogP contribution in [0.15, 0.2) is 111 Å². The molecule has 0 heterocycles. The molecule has 288 valence electrons. The van der Waals surface area contributed by atoms with Gasteiger partial charge in [0.25, 0.3) is 6.04 Å². The van der Waals surface area contributed by atoms with E-state index < -0.39 is 35.5 Å². The number of nitrogens with one attached hydrogen (secondary N) is 1. The van der Waals surface area contributed by atoms with Crippen LogP contribution in [0.4, 0.5) is 9.59 Å². The van der Waals surface area contributed by atoms with Gasteiger partial charge in [0.2, 0.25) is 6.54 Å². The smallest absolute Gasteiger partial charge is 0.434 e. The van der Waals surface area contributed by atoms with Gasteiger partial charge in [-0.3, -0.25) is 20.2 Å². The zero-order valence-corrected chi connectivity index (χ0v) is 34.7. The molecule has 0 unspecified atom stereocenters. The van der Waals surface area contributed by atoms with E-state index in [2.05, 4.69) is 42.2 Å². The van der Waals surface area contributed by atoms with Crippen LogP contribution in [-0.2, 0) is 16.0 Å². The fourth-order valence-corrected chi connectivity index (χ4v) is 5.21. The van der Waals surface area contributed by atoms with E-state index >= 15 is 0 Å². The number of nitro groups is 2. The van der Waals surface area contributed by atoms with Gasteiger partial charge in [0.1, 0.15) is 17.2 Å². The van der Waals surface area contributed by atoms with E-state index in [-0.39, 0.29) is 16.4 Å². The monoisotopic (exact) mass is 868 g/mol. The van der Waals surface area contributed by atoms with E-state index in [4.69, 9.17) is 9.47 Å². The summed E-state index contributed by atoms with van der Waals surface area (Å²) in [5, 5.41) is 24.6. The van der Waals surface area contributed by atoms with Crippen molar-refractivity contribution >= 4 is 50.3 Å². The molecule has 0 spiro atoms. The van der Waals surface area contributed by atoms with Crippen LogP contribution in [0, 0.1) is 34.1 Å². The van der Waals surface area contributed by atoms with Gasteiger partial charge in [-0.25, -0.2) is 9.59 Å². The number of alkyl carbamates (subject to hydrolysis) is 1. The molecule has 0 fully saturated rings. The molecule has 1 N–H and O–H groups in total.